The lowest BCUT2D eigenvalue weighted by Crippen LogP contribution is -2.04. The molecule has 0 aromatic heterocycles. The van der Waals surface area contributed by atoms with Crippen LogP contribution in [0.5, 0.6) is 0 Å². The summed E-state index contributed by atoms with van der Waals surface area (Å²) in [6.07, 6.45) is 5.13. The molecule has 0 atom stereocenters. The maximum Gasteiger partial charge on any atom is 0.187 e. The number of hydrogen-bond donors (Lipinski definition) is 2. The van der Waals surface area contributed by atoms with Crippen molar-refractivity contribution in [3.63, 3.8) is 0 Å². The molecule has 0 aliphatic rings. The minimum absolute atomic E-state index is 0.113. The van der Waals surface area contributed by atoms with Gasteiger partial charge >= 0.3 is 0 Å². The molecule has 0 unspecified atom stereocenters. The van der Waals surface area contributed by atoms with Gasteiger partial charge in [-0.15, -0.1) is 0 Å². The van der Waals surface area contributed by atoms with Crippen molar-refractivity contribution in [2.75, 3.05) is 10.6 Å². The van der Waals surface area contributed by atoms with Crippen molar-refractivity contribution in [1.82, 2.24) is 0 Å². The highest BCUT2D eigenvalue weighted by atomic mass is 16.1. The molecule has 0 saturated carbocycles. The minimum Gasteiger partial charge on any atom is -0.359 e. The van der Waals surface area contributed by atoms with E-state index in [1.807, 2.05) is 38.1 Å². The molecule has 0 aliphatic carbocycles. The first kappa shape index (κ1) is 24.7. The van der Waals surface area contributed by atoms with E-state index in [9.17, 15) is 9.59 Å². The van der Waals surface area contributed by atoms with Gasteiger partial charge in [0.1, 0.15) is 0 Å². The molecule has 3 aromatic carbocycles. The van der Waals surface area contributed by atoms with E-state index in [1.165, 1.54) is 11.1 Å². The first-order valence-corrected chi connectivity index (χ1v) is 11.6. The molecular weight excluding hydrogens is 420 g/mol. The van der Waals surface area contributed by atoms with Crippen molar-refractivity contribution in [1.29, 1.82) is 0 Å². The zero-order valence-corrected chi connectivity index (χ0v) is 20.3. The summed E-state index contributed by atoms with van der Waals surface area (Å²) in [4.78, 5) is 25.3. The lowest BCUT2D eigenvalue weighted by atomic mass is 10.0. The quantitative estimate of drug-likeness (QED) is 0.252. The van der Waals surface area contributed by atoms with Crippen LogP contribution in [0, 0.1) is 0 Å². The number of aryl methyl sites for hydroxylation is 2. The highest BCUT2D eigenvalue weighted by Crippen LogP contribution is 2.15. The van der Waals surface area contributed by atoms with Crippen LogP contribution in [0.25, 0.3) is 0 Å². The fraction of sp³-hybridized carbons (Fsp3) is 0.200. The van der Waals surface area contributed by atoms with Crippen LogP contribution >= 0.6 is 0 Å². The highest BCUT2D eigenvalue weighted by Gasteiger charge is 2.08. The fourth-order valence-electron chi connectivity index (χ4n) is 3.53. The second-order valence-corrected chi connectivity index (χ2v) is 8.31. The number of nitrogens with one attached hydrogen (secondary N) is 2. The molecule has 0 amide bonds. The smallest absolute Gasteiger partial charge is 0.187 e. The van der Waals surface area contributed by atoms with Crippen LogP contribution in [0.3, 0.4) is 0 Å². The summed E-state index contributed by atoms with van der Waals surface area (Å²) in [6, 6.07) is 23.1. The Balaban J connectivity index is 1.60. The van der Waals surface area contributed by atoms with Gasteiger partial charge in [-0.05, 0) is 62.1 Å². The summed E-state index contributed by atoms with van der Waals surface area (Å²) in [7, 11) is 0. The van der Waals surface area contributed by atoms with Crippen LogP contribution < -0.4 is 10.6 Å². The second-order valence-electron chi connectivity index (χ2n) is 8.31. The predicted molar refractivity (Wildman–Crippen MR) is 142 cm³/mol. The topological polar surface area (TPSA) is 58.2 Å². The number of rotatable bonds is 10. The predicted octanol–water partition coefficient (Wildman–Crippen LogP) is 7.21. The molecule has 0 aliphatic heterocycles. The summed E-state index contributed by atoms with van der Waals surface area (Å²) in [5, 5.41) is 6.49. The van der Waals surface area contributed by atoms with Gasteiger partial charge in [0.15, 0.2) is 11.6 Å². The third kappa shape index (κ3) is 7.04. The van der Waals surface area contributed by atoms with Crippen molar-refractivity contribution in [3.05, 3.63) is 119 Å². The van der Waals surface area contributed by atoms with Gasteiger partial charge in [0.25, 0.3) is 0 Å². The average molecular weight is 453 g/mol. The van der Waals surface area contributed by atoms with Crippen LogP contribution in [0.15, 0.2) is 96.3 Å². The molecule has 3 aromatic rings. The SMILES string of the molecule is CCc1ccc(NC(C)=CC(=O)c2ccc(C(=O)C=C(C)Nc3ccc(CC)cc3)cc2)cc1. The summed E-state index contributed by atoms with van der Waals surface area (Å²) in [5.74, 6) is -0.226. The van der Waals surface area contributed by atoms with Gasteiger partial charge in [-0.1, -0.05) is 62.4 Å². The Morgan fingerprint density at radius 1 is 0.588 bits per heavy atom. The first-order chi connectivity index (χ1) is 16.4. The lowest BCUT2D eigenvalue weighted by Gasteiger charge is -2.08. The zero-order valence-electron chi connectivity index (χ0n) is 20.3. The highest BCUT2D eigenvalue weighted by molar-refractivity contribution is 6.08. The van der Waals surface area contributed by atoms with Gasteiger partial charge in [-0.25, -0.2) is 0 Å². The molecule has 0 fully saturated rings. The van der Waals surface area contributed by atoms with E-state index in [1.54, 1.807) is 36.4 Å². The normalized spacial score (nSPS) is 11.8. The van der Waals surface area contributed by atoms with Crippen LogP contribution in [-0.4, -0.2) is 11.6 Å². The maximum atomic E-state index is 12.6. The van der Waals surface area contributed by atoms with Crippen molar-refractivity contribution < 1.29 is 9.59 Å². The van der Waals surface area contributed by atoms with Gasteiger partial charge in [0.05, 0.1) is 0 Å². The van der Waals surface area contributed by atoms with E-state index in [0.29, 0.717) is 11.1 Å². The van der Waals surface area contributed by atoms with E-state index in [0.717, 1.165) is 35.6 Å². The van der Waals surface area contributed by atoms with E-state index < -0.39 is 0 Å². The van der Waals surface area contributed by atoms with Crippen molar-refractivity contribution in [3.8, 4) is 0 Å². The Morgan fingerprint density at radius 2 is 0.912 bits per heavy atom. The summed E-state index contributed by atoms with van der Waals surface area (Å²) in [5.41, 5.74) is 7.00. The number of hydrogen-bond acceptors (Lipinski definition) is 4. The molecule has 2 N–H and O–H groups in total. The average Bonchev–Trinajstić information content (AvgIpc) is 2.85. The number of allylic oxidation sites excluding steroid dienone is 4. The number of benzene rings is 3. The molecule has 0 saturated heterocycles. The van der Waals surface area contributed by atoms with Crippen LogP contribution in [-0.2, 0) is 12.8 Å². The molecule has 4 nitrogen and oxygen atoms in total. The third-order valence-electron chi connectivity index (χ3n) is 5.56. The molecule has 4 heteroatoms. The largest absolute Gasteiger partial charge is 0.359 e. The second kappa shape index (κ2) is 11.8. The lowest BCUT2D eigenvalue weighted by molar-refractivity contribution is 0.103. The summed E-state index contributed by atoms with van der Waals surface area (Å²) < 4.78 is 0. The maximum absolute atomic E-state index is 12.6. The van der Waals surface area contributed by atoms with Gasteiger partial charge in [0.2, 0.25) is 0 Å². The van der Waals surface area contributed by atoms with Crippen LogP contribution in [0.2, 0.25) is 0 Å². The van der Waals surface area contributed by atoms with Crippen LogP contribution in [0.4, 0.5) is 11.4 Å². The fourth-order valence-corrected chi connectivity index (χ4v) is 3.53. The molecule has 174 valence electrons. The van der Waals surface area contributed by atoms with Crippen molar-refractivity contribution >= 4 is 22.9 Å². The number of anilines is 2. The van der Waals surface area contributed by atoms with Gasteiger partial charge in [0, 0.05) is 46.0 Å². The zero-order chi connectivity index (χ0) is 24.5. The summed E-state index contributed by atoms with van der Waals surface area (Å²) in [6.45, 7) is 7.96. The Kier molecular flexibility index (Phi) is 8.58. The van der Waals surface area contributed by atoms with Gasteiger partial charge in [-0.2, -0.15) is 0 Å². The van der Waals surface area contributed by atoms with E-state index in [2.05, 4.69) is 48.7 Å². The Hall–Kier alpha value is -3.92. The monoisotopic (exact) mass is 452 g/mol. The Labute approximate surface area is 202 Å². The summed E-state index contributed by atoms with van der Waals surface area (Å²) >= 11 is 0. The number of carbonyl (C=O) groups excluding carboxylic acids is 2. The molecule has 0 heterocycles. The number of carbonyl (C=O) groups is 2. The van der Waals surface area contributed by atoms with Crippen molar-refractivity contribution in [2.45, 2.75) is 40.5 Å². The Bertz CT molecular complexity index is 1090. The van der Waals surface area contributed by atoms with E-state index in [4.69, 9.17) is 0 Å². The van der Waals surface area contributed by atoms with Crippen molar-refractivity contribution in [2.24, 2.45) is 0 Å². The third-order valence-corrected chi connectivity index (χ3v) is 5.56. The molecule has 3 rings (SSSR count). The first-order valence-electron chi connectivity index (χ1n) is 11.6. The van der Waals surface area contributed by atoms with Gasteiger partial charge in [-0.3, -0.25) is 9.59 Å². The molecular formula is C30H32N2O2. The van der Waals surface area contributed by atoms with Crippen LogP contribution in [0.1, 0.15) is 59.5 Å². The standard InChI is InChI=1S/C30H32N2O2/c1-5-23-7-15-27(16-8-23)31-21(3)19-29(33)25-11-13-26(14-12-25)30(34)20-22(4)32-28-17-9-24(6-2)10-18-28/h7-20,31-32H,5-6H2,1-4H3. The number of ketones is 2. The molecule has 34 heavy (non-hydrogen) atoms. The Morgan fingerprint density at radius 3 is 1.21 bits per heavy atom. The molecule has 0 spiro atoms. The molecule has 0 radical (unpaired) electrons. The van der Waals surface area contributed by atoms with E-state index >= 15 is 0 Å². The van der Waals surface area contributed by atoms with Gasteiger partial charge < -0.3 is 10.6 Å². The molecule has 0 bridgehead atoms. The minimum atomic E-state index is -0.113. The van der Waals surface area contributed by atoms with E-state index in [-0.39, 0.29) is 11.6 Å².